The van der Waals surface area contributed by atoms with E-state index in [0.29, 0.717) is 11.6 Å². The highest BCUT2D eigenvalue weighted by Gasteiger charge is 2.30. The Morgan fingerprint density at radius 3 is 2.47 bits per heavy atom. The van der Waals surface area contributed by atoms with Crippen molar-refractivity contribution in [2.45, 2.75) is 25.4 Å². The number of rotatable bonds is 4. The number of hydrogen-bond acceptors (Lipinski definition) is 5. The van der Waals surface area contributed by atoms with Gasteiger partial charge in [-0.1, -0.05) is 6.07 Å². The highest BCUT2D eigenvalue weighted by molar-refractivity contribution is 6.04. The fourth-order valence-electron chi connectivity index (χ4n) is 3.28. The molecule has 0 aliphatic carbocycles. The first-order valence-electron chi connectivity index (χ1n) is 9.51. The molecule has 1 aliphatic heterocycles. The van der Waals surface area contributed by atoms with Crippen LogP contribution in [0, 0.1) is 0 Å². The third-order valence-electron chi connectivity index (χ3n) is 4.84. The normalized spacial score (nSPS) is 14.6. The van der Waals surface area contributed by atoms with Crippen molar-refractivity contribution in [3.05, 3.63) is 60.2 Å². The second-order valence-electron chi connectivity index (χ2n) is 7.00. The number of halogens is 3. The number of amides is 1. The van der Waals surface area contributed by atoms with E-state index in [1.807, 2.05) is 0 Å². The Hall–Kier alpha value is -3.43. The fourth-order valence-corrected chi connectivity index (χ4v) is 3.28. The van der Waals surface area contributed by atoms with Crippen molar-refractivity contribution in [3.8, 4) is 5.95 Å². The van der Waals surface area contributed by atoms with Crippen LogP contribution in [0.25, 0.3) is 5.95 Å². The molecule has 3 aromatic rings. The van der Waals surface area contributed by atoms with E-state index in [1.165, 1.54) is 35.6 Å². The number of alkyl halides is 3. The van der Waals surface area contributed by atoms with Gasteiger partial charge in [-0.15, -0.1) is 0 Å². The van der Waals surface area contributed by atoms with E-state index in [0.717, 1.165) is 43.8 Å². The van der Waals surface area contributed by atoms with Gasteiger partial charge in [0.1, 0.15) is 0 Å². The molecule has 0 saturated carbocycles. The molecule has 0 atom stereocenters. The smallest absolute Gasteiger partial charge is 0.369 e. The van der Waals surface area contributed by atoms with E-state index in [2.05, 4.69) is 25.3 Å². The van der Waals surface area contributed by atoms with Gasteiger partial charge in [-0.2, -0.15) is 18.3 Å². The van der Waals surface area contributed by atoms with Crippen molar-refractivity contribution >= 4 is 17.3 Å². The van der Waals surface area contributed by atoms with Gasteiger partial charge in [0.05, 0.1) is 41.7 Å². The average molecular weight is 416 g/mol. The molecule has 1 N–H and O–H groups in total. The van der Waals surface area contributed by atoms with E-state index in [1.54, 1.807) is 12.4 Å². The number of piperidine rings is 1. The molecule has 156 valence electrons. The van der Waals surface area contributed by atoms with Crippen LogP contribution in [0.5, 0.6) is 0 Å². The molecule has 2 aromatic heterocycles. The summed E-state index contributed by atoms with van der Waals surface area (Å²) in [5.74, 6) is -0.336. The van der Waals surface area contributed by atoms with Crippen molar-refractivity contribution in [2.75, 3.05) is 23.3 Å². The SMILES string of the molecule is O=C(Nc1cnn(-c2ncc(N3CCCCC3)cn2)c1)c1cccc(C(F)(F)F)c1. The van der Waals surface area contributed by atoms with Gasteiger partial charge in [-0.3, -0.25) is 4.79 Å². The molecule has 7 nitrogen and oxygen atoms in total. The maximum atomic E-state index is 12.8. The molecule has 0 unspecified atom stereocenters. The minimum Gasteiger partial charge on any atom is -0.369 e. The van der Waals surface area contributed by atoms with Gasteiger partial charge in [0.2, 0.25) is 0 Å². The lowest BCUT2D eigenvalue weighted by Gasteiger charge is -2.28. The topological polar surface area (TPSA) is 75.9 Å². The van der Waals surface area contributed by atoms with Crippen LogP contribution in [-0.4, -0.2) is 38.7 Å². The molecule has 1 aliphatic rings. The summed E-state index contributed by atoms with van der Waals surface area (Å²) in [4.78, 5) is 23.2. The highest BCUT2D eigenvalue weighted by atomic mass is 19.4. The molecule has 10 heteroatoms. The molecule has 1 amide bonds. The zero-order chi connectivity index (χ0) is 21.1. The summed E-state index contributed by atoms with van der Waals surface area (Å²) in [5.41, 5.74) is 0.289. The van der Waals surface area contributed by atoms with Crippen molar-refractivity contribution in [1.29, 1.82) is 0 Å². The fraction of sp³-hybridized carbons (Fsp3) is 0.300. The van der Waals surface area contributed by atoms with Gasteiger partial charge in [-0.05, 0) is 37.5 Å². The third kappa shape index (κ3) is 4.42. The summed E-state index contributed by atoms with van der Waals surface area (Å²) < 4.78 is 39.9. The summed E-state index contributed by atoms with van der Waals surface area (Å²) in [6.45, 7) is 1.96. The largest absolute Gasteiger partial charge is 0.416 e. The van der Waals surface area contributed by atoms with Crippen molar-refractivity contribution in [3.63, 3.8) is 0 Å². The summed E-state index contributed by atoms with van der Waals surface area (Å²) in [5, 5.41) is 6.65. The quantitative estimate of drug-likeness (QED) is 0.698. The molecule has 4 rings (SSSR count). The summed E-state index contributed by atoms with van der Waals surface area (Å²) in [6.07, 6.45) is 5.36. The Labute approximate surface area is 170 Å². The number of aromatic nitrogens is 4. The maximum Gasteiger partial charge on any atom is 0.416 e. The Balaban J connectivity index is 1.45. The van der Waals surface area contributed by atoms with E-state index >= 15 is 0 Å². The molecular weight excluding hydrogens is 397 g/mol. The van der Waals surface area contributed by atoms with Crippen LogP contribution in [0.4, 0.5) is 24.5 Å². The zero-order valence-electron chi connectivity index (χ0n) is 15.9. The Bertz CT molecular complexity index is 1030. The van der Waals surface area contributed by atoms with Crippen molar-refractivity contribution < 1.29 is 18.0 Å². The van der Waals surface area contributed by atoms with E-state index in [9.17, 15) is 18.0 Å². The third-order valence-corrected chi connectivity index (χ3v) is 4.84. The lowest BCUT2D eigenvalue weighted by Crippen LogP contribution is -2.29. The van der Waals surface area contributed by atoms with Crippen molar-refractivity contribution in [2.24, 2.45) is 0 Å². The molecule has 1 fully saturated rings. The molecular formula is C20H19F3N6O. The summed E-state index contributed by atoms with van der Waals surface area (Å²) >= 11 is 0. The number of hydrogen-bond donors (Lipinski definition) is 1. The molecule has 1 saturated heterocycles. The lowest BCUT2D eigenvalue weighted by molar-refractivity contribution is -0.137. The van der Waals surface area contributed by atoms with Gasteiger partial charge < -0.3 is 10.2 Å². The number of benzene rings is 1. The second-order valence-corrected chi connectivity index (χ2v) is 7.00. The van der Waals surface area contributed by atoms with Crippen LogP contribution >= 0.6 is 0 Å². The number of carbonyl (C=O) groups excluding carboxylic acids is 1. The first-order chi connectivity index (χ1) is 14.4. The minimum absolute atomic E-state index is 0.0975. The zero-order valence-corrected chi connectivity index (χ0v) is 15.9. The number of nitrogens with one attached hydrogen (secondary N) is 1. The Kier molecular flexibility index (Phi) is 5.39. The van der Waals surface area contributed by atoms with Gasteiger partial charge in [0.15, 0.2) is 0 Å². The molecule has 1 aromatic carbocycles. The number of anilines is 2. The minimum atomic E-state index is -4.52. The van der Waals surface area contributed by atoms with E-state index < -0.39 is 17.6 Å². The average Bonchev–Trinajstić information content (AvgIpc) is 3.22. The first kappa shape index (κ1) is 19.9. The van der Waals surface area contributed by atoms with Crippen LogP contribution in [0.15, 0.2) is 49.1 Å². The monoisotopic (exact) mass is 416 g/mol. The van der Waals surface area contributed by atoms with Crippen LogP contribution in [0.2, 0.25) is 0 Å². The van der Waals surface area contributed by atoms with Gasteiger partial charge in [0.25, 0.3) is 11.9 Å². The molecule has 0 spiro atoms. The van der Waals surface area contributed by atoms with E-state index in [4.69, 9.17) is 0 Å². The molecule has 0 bridgehead atoms. The first-order valence-corrected chi connectivity index (χ1v) is 9.51. The number of carbonyl (C=O) groups is 1. The van der Waals surface area contributed by atoms with Crippen LogP contribution in [-0.2, 0) is 6.18 Å². The Morgan fingerprint density at radius 2 is 1.77 bits per heavy atom. The van der Waals surface area contributed by atoms with Crippen LogP contribution in [0.3, 0.4) is 0 Å². The molecule has 0 radical (unpaired) electrons. The van der Waals surface area contributed by atoms with E-state index in [-0.39, 0.29) is 5.56 Å². The standard InChI is InChI=1S/C20H19F3N6O/c21-20(22,23)15-6-4-5-14(9-15)18(30)27-16-10-26-29(13-16)19-24-11-17(12-25-19)28-7-2-1-3-8-28/h4-6,9-13H,1-3,7-8H2,(H,27,30). The predicted octanol–water partition coefficient (Wildman–Crippen LogP) is 3.92. The molecule has 3 heterocycles. The predicted molar refractivity (Wildman–Crippen MR) is 105 cm³/mol. The highest BCUT2D eigenvalue weighted by Crippen LogP contribution is 2.29. The van der Waals surface area contributed by atoms with Gasteiger partial charge >= 0.3 is 6.18 Å². The van der Waals surface area contributed by atoms with Gasteiger partial charge in [0, 0.05) is 18.7 Å². The molecule has 30 heavy (non-hydrogen) atoms. The van der Waals surface area contributed by atoms with Crippen LogP contribution < -0.4 is 10.2 Å². The van der Waals surface area contributed by atoms with Gasteiger partial charge in [-0.25, -0.2) is 14.6 Å². The summed E-state index contributed by atoms with van der Waals surface area (Å²) in [7, 11) is 0. The summed E-state index contributed by atoms with van der Waals surface area (Å²) in [6, 6.07) is 4.23. The second kappa shape index (κ2) is 8.13. The maximum absolute atomic E-state index is 12.8. The number of nitrogens with zero attached hydrogens (tertiary/aromatic N) is 5. The van der Waals surface area contributed by atoms with Crippen LogP contribution in [0.1, 0.15) is 35.2 Å². The Morgan fingerprint density at radius 1 is 1.03 bits per heavy atom. The van der Waals surface area contributed by atoms with Crippen molar-refractivity contribution in [1.82, 2.24) is 19.7 Å². The lowest BCUT2D eigenvalue weighted by atomic mass is 10.1.